The molecule has 0 amide bonds. The molecule has 1 aromatic heterocycles. The van der Waals surface area contributed by atoms with Crippen LogP contribution in [0, 0.1) is 6.92 Å². The number of ether oxygens (including phenoxy) is 1. The summed E-state index contributed by atoms with van der Waals surface area (Å²) in [6, 6.07) is 14.3. The summed E-state index contributed by atoms with van der Waals surface area (Å²) in [7, 11) is 0. The van der Waals surface area contributed by atoms with Gasteiger partial charge in [0.2, 0.25) is 0 Å². The summed E-state index contributed by atoms with van der Waals surface area (Å²) in [4.78, 5) is 0. The molecule has 3 nitrogen and oxygen atoms in total. The lowest BCUT2D eigenvalue weighted by Crippen LogP contribution is -2.16. The molecule has 0 aliphatic rings. The lowest BCUT2D eigenvalue weighted by molar-refractivity contribution is 0.103. The Morgan fingerprint density at radius 3 is 2.68 bits per heavy atom. The molecule has 0 aliphatic carbocycles. The van der Waals surface area contributed by atoms with Gasteiger partial charge in [0.15, 0.2) is 0 Å². The predicted molar refractivity (Wildman–Crippen MR) is 75.9 cm³/mol. The minimum atomic E-state index is 0.562. The molecule has 2 aromatic rings. The summed E-state index contributed by atoms with van der Waals surface area (Å²) >= 11 is 0. The zero-order valence-corrected chi connectivity index (χ0v) is 11.4. The maximum absolute atomic E-state index is 5.55. The summed E-state index contributed by atoms with van der Waals surface area (Å²) in [6.07, 6.45) is 1.01. The van der Waals surface area contributed by atoms with Crippen LogP contribution < -0.4 is 5.32 Å². The van der Waals surface area contributed by atoms with Gasteiger partial charge >= 0.3 is 0 Å². The van der Waals surface area contributed by atoms with Gasteiger partial charge in [-0.25, -0.2) is 0 Å². The Morgan fingerprint density at radius 1 is 1.11 bits per heavy atom. The van der Waals surface area contributed by atoms with E-state index in [9.17, 15) is 0 Å². The van der Waals surface area contributed by atoms with Crippen LogP contribution in [0.4, 0.5) is 0 Å². The van der Waals surface area contributed by atoms with E-state index in [2.05, 4.69) is 29.6 Å². The highest BCUT2D eigenvalue weighted by Crippen LogP contribution is 2.07. The summed E-state index contributed by atoms with van der Waals surface area (Å²) in [5.41, 5.74) is 1.31. The maximum atomic E-state index is 5.55. The molecule has 3 heteroatoms. The fourth-order valence-corrected chi connectivity index (χ4v) is 1.86. The van der Waals surface area contributed by atoms with Crippen LogP contribution in [-0.4, -0.2) is 13.2 Å². The van der Waals surface area contributed by atoms with Crippen molar-refractivity contribution < 1.29 is 9.15 Å². The fourth-order valence-electron chi connectivity index (χ4n) is 1.86. The van der Waals surface area contributed by atoms with Gasteiger partial charge in [-0.3, -0.25) is 0 Å². The van der Waals surface area contributed by atoms with Crippen molar-refractivity contribution in [3.05, 3.63) is 59.5 Å². The van der Waals surface area contributed by atoms with Gasteiger partial charge in [-0.1, -0.05) is 30.3 Å². The number of rotatable bonds is 8. The molecule has 0 unspecified atom stereocenters. The van der Waals surface area contributed by atoms with Crippen molar-refractivity contribution in [2.45, 2.75) is 26.5 Å². The molecule has 19 heavy (non-hydrogen) atoms. The first-order chi connectivity index (χ1) is 9.34. The average molecular weight is 259 g/mol. The number of furan rings is 1. The molecule has 0 radical (unpaired) electrons. The van der Waals surface area contributed by atoms with Crippen molar-refractivity contribution in [3.63, 3.8) is 0 Å². The van der Waals surface area contributed by atoms with Crippen LogP contribution in [0.5, 0.6) is 0 Å². The highest BCUT2D eigenvalue weighted by molar-refractivity contribution is 5.14. The Balaban J connectivity index is 1.48. The van der Waals surface area contributed by atoms with Crippen LogP contribution in [0.25, 0.3) is 0 Å². The molecule has 0 bridgehead atoms. The number of benzene rings is 1. The van der Waals surface area contributed by atoms with E-state index in [0.29, 0.717) is 6.61 Å². The minimum absolute atomic E-state index is 0.562. The molecule has 0 aliphatic heterocycles. The molecule has 0 saturated carbocycles. The van der Waals surface area contributed by atoms with E-state index in [1.165, 1.54) is 5.56 Å². The average Bonchev–Trinajstić information content (AvgIpc) is 2.85. The van der Waals surface area contributed by atoms with Gasteiger partial charge < -0.3 is 14.5 Å². The normalized spacial score (nSPS) is 10.8. The van der Waals surface area contributed by atoms with Crippen molar-refractivity contribution >= 4 is 0 Å². The maximum Gasteiger partial charge on any atom is 0.129 e. The SMILES string of the molecule is Cc1ccc(COCCCNCc2ccccc2)o1. The lowest BCUT2D eigenvalue weighted by atomic mass is 10.2. The third kappa shape index (κ3) is 5.28. The molecule has 0 atom stereocenters. The molecule has 0 saturated heterocycles. The van der Waals surface area contributed by atoms with Gasteiger partial charge in [-0.2, -0.15) is 0 Å². The first-order valence-electron chi connectivity index (χ1n) is 6.72. The van der Waals surface area contributed by atoms with E-state index in [4.69, 9.17) is 9.15 Å². The summed E-state index contributed by atoms with van der Waals surface area (Å²) < 4.78 is 11.0. The third-order valence-corrected chi connectivity index (χ3v) is 2.85. The van der Waals surface area contributed by atoms with E-state index < -0.39 is 0 Å². The molecular weight excluding hydrogens is 238 g/mol. The summed E-state index contributed by atoms with van der Waals surface area (Å²) in [5, 5.41) is 3.40. The third-order valence-electron chi connectivity index (χ3n) is 2.85. The molecule has 1 aromatic carbocycles. The highest BCUT2D eigenvalue weighted by atomic mass is 16.5. The predicted octanol–water partition coefficient (Wildman–Crippen LogP) is 3.28. The molecule has 102 valence electrons. The van der Waals surface area contributed by atoms with E-state index in [0.717, 1.165) is 37.6 Å². The highest BCUT2D eigenvalue weighted by Gasteiger charge is 1.98. The largest absolute Gasteiger partial charge is 0.464 e. The second kappa shape index (κ2) is 7.77. The Morgan fingerprint density at radius 2 is 1.95 bits per heavy atom. The summed E-state index contributed by atoms with van der Waals surface area (Å²) in [6.45, 7) is 5.13. The van der Waals surface area contributed by atoms with E-state index in [1.807, 2.05) is 25.1 Å². The molecular formula is C16H21NO2. The topological polar surface area (TPSA) is 34.4 Å². The van der Waals surface area contributed by atoms with Crippen molar-refractivity contribution in [1.82, 2.24) is 5.32 Å². The van der Waals surface area contributed by atoms with Gasteiger partial charge in [0.1, 0.15) is 18.1 Å². The van der Waals surface area contributed by atoms with Crippen LogP contribution in [0.3, 0.4) is 0 Å². The fraction of sp³-hybridized carbons (Fsp3) is 0.375. The van der Waals surface area contributed by atoms with Crippen molar-refractivity contribution in [1.29, 1.82) is 0 Å². The molecule has 1 heterocycles. The Hall–Kier alpha value is -1.58. The summed E-state index contributed by atoms with van der Waals surface area (Å²) in [5.74, 6) is 1.83. The second-order valence-electron chi connectivity index (χ2n) is 4.58. The van der Waals surface area contributed by atoms with Gasteiger partial charge in [-0.15, -0.1) is 0 Å². The first kappa shape index (κ1) is 13.8. The first-order valence-corrected chi connectivity index (χ1v) is 6.72. The number of aryl methyl sites for hydroxylation is 1. The smallest absolute Gasteiger partial charge is 0.129 e. The van der Waals surface area contributed by atoms with Crippen LogP contribution in [-0.2, 0) is 17.9 Å². The van der Waals surface area contributed by atoms with Gasteiger partial charge in [0, 0.05) is 13.2 Å². The van der Waals surface area contributed by atoms with Crippen molar-refractivity contribution in [2.24, 2.45) is 0 Å². The second-order valence-corrected chi connectivity index (χ2v) is 4.58. The molecule has 0 spiro atoms. The van der Waals surface area contributed by atoms with Gasteiger partial charge in [0.05, 0.1) is 0 Å². The Kier molecular flexibility index (Phi) is 5.66. The number of nitrogens with one attached hydrogen (secondary N) is 1. The van der Waals surface area contributed by atoms with Gasteiger partial charge in [0.25, 0.3) is 0 Å². The monoisotopic (exact) mass is 259 g/mol. The van der Waals surface area contributed by atoms with E-state index in [1.54, 1.807) is 0 Å². The zero-order chi connectivity index (χ0) is 13.3. The van der Waals surface area contributed by atoms with Crippen LogP contribution in [0.15, 0.2) is 46.9 Å². The van der Waals surface area contributed by atoms with Crippen LogP contribution >= 0.6 is 0 Å². The number of hydrogen-bond acceptors (Lipinski definition) is 3. The Labute approximate surface area is 114 Å². The van der Waals surface area contributed by atoms with E-state index >= 15 is 0 Å². The zero-order valence-electron chi connectivity index (χ0n) is 11.4. The molecule has 1 N–H and O–H groups in total. The molecule has 0 fully saturated rings. The van der Waals surface area contributed by atoms with Crippen molar-refractivity contribution in [3.8, 4) is 0 Å². The Bertz CT molecular complexity index is 465. The lowest BCUT2D eigenvalue weighted by Gasteiger charge is -2.05. The standard InChI is InChI=1S/C16H21NO2/c1-14-8-9-16(19-14)13-18-11-5-10-17-12-15-6-3-2-4-7-15/h2-4,6-9,17H,5,10-13H2,1H3. The quantitative estimate of drug-likeness (QED) is 0.739. The minimum Gasteiger partial charge on any atom is -0.464 e. The van der Waals surface area contributed by atoms with Crippen molar-refractivity contribution in [2.75, 3.05) is 13.2 Å². The van der Waals surface area contributed by atoms with E-state index in [-0.39, 0.29) is 0 Å². The number of hydrogen-bond donors (Lipinski definition) is 1. The van der Waals surface area contributed by atoms with Gasteiger partial charge in [-0.05, 0) is 37.6 Å². The molecule has 2 rings (SSSR count). The van der Waals surface area contributed by atoms with Crippen LogP contribution in [0.2, 0.25) is 0 Å². The van der Waals surface area contributed by atoms with Crippen LogP contribution in [0.1, 0.15) is 23.5 Å².